The number of sulfonamides is 1. The average molecular weight is 911 g/mol. The molecule has 1 aliphatic heterocycles. The van der Waals surface area contributed by atoms with E-state index in [1.165, 1.54) is 17.9 Å². The van der Waals surface area contributed by atoms with Crippen LogP contribution >= 0.6 is 15.9 Å². The van der Waals surface area contributed by atoms with Gasteiger partial charge in [0.1, 0.15) is 29.3 Å². The number of hydrogen-bond acceptors (Lipinski definition) is 11. The van der Waals surface area contributed by atoms with Gasteiger partial charge in [-0.25, -0.2) is 18.2 Å². The molecule has 0 unspecified atom stereocenters. The number of hydrogen-bond donors (Lipinski definition) is 3. The van der Waals surface area contributed by atoms with Crippen LogP contribution in [0.25, 0.3) is 10.8 Å². The Balaban J connectivity index is 1.66. The second-order valence-electron chi connectivity index (χ2n) is 18.5. The van der Waals surface area contributed by atoms with Crippen LogP contribution in [-0.4, -0.2) is 105 Å². The number of amides is 4. The van der Waals surface area contributed by atoms with Crippen molar-refractivity contribution >= 4 is 68.6 Å². The molecule has 4 rings (SSSR count). The van der Waals surface area contributed by atoms with Gasteiger partial charge < -0.3 is 34.5 Å². The van der Waals surface area contributed by atoms with Crippen molar-refractivity contribution in [3.8, 4) is 11.6 Å². The molecule has 2 aliphatic rings. The number of halogens is 1. The number of nitrogens with one attached hydrogen (secondary N) is 3. The first kappa shape index (κ1) is 46.9. The summed E-state index contributed by atoms with van der Waals surface area (Å²) in [5.74, 6) is -1.58. The highest BCUT2D eigenvalue weighted by Gasteiger charge is 2.49. The van der Waals surface area contributed by atoms with Crippen molar-refractivity contribution in [2.24, 2.45) is 5.41 Å². The monoisotopic (exact) mass is 909 g/mol. The summed E-state index contributed by atoms with van der Waals surface area (Å²) >= 11 is 3.53. The van der Waals surface area contributed by atoms with Crippen LogP contribution in [0.4, 0.5) is 4.79 Å². The minimum Gasteiger partial charge on any atom is -0.472 e. The Morgan fingerprint density at radius 2 is 1.69 bits per heavy atom. The summed E-state index contributed by atoms with van der Waals surface area (Å²) in [4.78, 5) is 61.5. The van der Waals surface area contributed by atoms with E-state index >= 15 is 0 Å². The molecular formula is C40H60BrN5O10SSi. The third-order valence-corrected chi connectivity index (χ3v) is 13.7. The predicted molar refractivity (Wildman–Crippen MR) is 228 cm³/mol. The highest BCUT2D eigenvalue weighted by atomic mass is 79.9. The van der Waals surface area contributed by atoms with Gasteiger partial charge in [-0.2, -0.15) is 0 Å². The molecule has 1 aromatic heterocycles. The Morgan fingerprint density at radius 1 is 1.05 bits per heavy atom. The van der Waals surface area contributed by atoms with E-state index in [0.29, 0.717) is 40.6 Å². The smallest absolute Gasteiger partial charge is 0.408 e. The first-order valence-electron chi connectivity index (χ1n) is 19.5. The molecule has 18 heteroatoms. The first-order chi connectivity index (χ1) is 26.7. The second kappa shape index (κ2) is 18.3. The molecule has 4 atom stereocenters. The van der Waals surface area contributed by atoms with Crippen LogP contribution in [0.2, 0.25) is 25.7 Å². The zero-order valence-electron chi connectivity index (χ0n) is 35.3. The molecule has 4 amide bonds. The van der Waals surface area contributed by atoms with Crippen molar-refractivity contribution < 1.29 is 46.5 Å². The van der Waals surface area contributed by atoms with Crippen molar-refractivity contribution in [1.29, 1.82) is 0 Å². The number of nitrogens with zero attached hydrogens (tertiary/aromatic N) is 2. The number of benzene rings is 1. The van der Waals surface area contributed by atoms with Gasteiger partial charge in [0, 0.05) is 31.9 Å². The quantitative estimate of drug-likeness (QED) is 0.0552. The van der Waals surface area contributed by atoms with Gasteiger partial charge in [0.05, 0.1) is 11.8 Å². The average Bonchev–Trinajstić information content (AvgIpc) is 3.87. The fourth-order valence-electron chi connectivity index (χ4n) is 6.26. The number of carbonyl (C=O) groups excluding carboxylic acids is 4. The predicted octanol–water partition coefficient (Wildman–Crippen LogP) is 6.04. The van der Waals surface area contributed by atoms with Gasteiger partial charge >= 0.3 is 6.09 Å². The van der Waals surface area contributed by atoms with E-state index in [9.17, 15) is 27.6 Å². The molecule has 2 aromatic rings. The topological polar surface area (TPSA) is 192 Å². The Hall–Kier alpha value is -3.74. The van der Waals surface area contributed by atoms with E-state index in [1.807, 2.05) is 24.3 Å². The zero-order chi connectivity index (χ0) is 43.4. The largest absolute Gasteiger partial charge is 0.472 e. The minimum atomic E-state index is -3.95. The van der Waals surface area contributed by atoms with Gasteiger partial charge in [-0.3, -0.25) is 19.1 Å². The van der Waals surface area contributed by atoms with E-state index < -0.39 is 81.9 Å². The highest BCUT2D eigenvalue weighted by molar-refractivity contribution is 9.10. The maximum atomic E-state index is 14.6. The molecule has 58 heavy (non-hydrogen) atoms. The number of carbonyl (C=O) groups is 4. The van der Waals surface area contributed by atoms with E-state index in [-0.39, 0.29) is 32.1 Å². The van der Waals surface area contributed by atoms with E-state index in [2.05, 4.69) is 62.5 Å². The van der Waals surface area contributed by atoms with Crippen molar-refractivity contribution in [2.45, 2.75) is 134 Å². The van der Waals surface area contributed by atoms with Crippen molar-refractivity contribution in [2.75, 3.05) is 19.9 Å². The number of aromatic nitrogens is 1. The van der Waals surface area contributed by atoms with Crippen LogP contribution in [0.1, 0.15) is 74.1 Å². The maximum absolute atomic E-state index is 14.6. The molecule has 0 spiro atoms. The summed E-state index contributed by atoms with van der Waals surface area (Å²) in [5, 5.41) is 6.05. The number of likely N-dealkylation sites (tertiary alicyclic amines) is 1. The third kappa shape index (κ3) is 12.6. The number of rotatable bonds is 17. The fourth-order valence-corrected chi connectivity index (χ4v) is 8.92. The normalized spacial score (nSPS) is 19.1. The molecular weight excluding hydrogens is 851 g/mol. The van der Waals surface area contributed by atoms with Crippen LogP contribution in [0.3, 0.4) is 0 Å². The lowest BCUT2D eigenvalue weighted by Crippen LogP contribution is -2.62. The summed E-state index contributed by atoms with van der Waals surface area (Å²) in [6.07, 6.45) is 0.505. The molecule has 0 bridgehead atoms. The van der Waals surface area contributed by atoms with Crippen molar-refractivity contribution in [3.63, 3.8) is 0 Å². The Bertz CT molecular complexity index is 1980. The van der Waals surface area contributed by atoms with E-state index in [1.54, 1.807) is 41.5 Å². The number of ether oxygens (including phenoxy) is 4. The van der Waals surface area contributed by atoms with Gasteiger partial charge in [-0.1, -0.05) is 64.7 Å². The summed E-state index contributed by atoms with van der Waals surface area (Å²) in [6.45, 7) is 22.8. The lowest BCUT2D eigenvalue weighted by Gasteiger charge is -2.36. The third-order valence-electron chi connectivity index (χ3n) is 9.62. The molecule has 1 saturated heterocycles. The minimum absolute atomic E-state index is 0.0209. The summed E-state index contributed by atoms with van der Waals surface area (Å²) < 4.78 is 51.8. The number of alkyl carbamates (subject to hydrolysis) is 1. The Labute approximate surface area is 351 Å². The van der Waals surface area contributed by atoms with Gasteiger partial charge in [-0.05, 0) is 80.4 Å². The van der Waals surface area contributed by atoms with Crippen LogP contribution in [0.5, 0.6) is 11.6 Å². The molecule has 3 N–H and O–H groups in total. The van der Waals surface area contributed by atoms with Gasteiger partial charge in [0.15, 0.2) is 17.1 Å². The van der Waals surface area contributed by atoms with Gasteiger partial charge in [0.25, 0.3) is 5.91 Å². The van der Waals surface area contributed by atoms with Crippen LogP contribution in [-0.2, 0) is 33.9 Å². The van der Waals surface area contributed by atoms with Gasteiger partial charge in [0.2, 0.25) is 27.7 Å². The van der Waals surface area contributed by atoms with E-state index in [0.717, 1.165) is 6.04 Å². The standard InChI is InChI=1S/C40H60BrN5O10SSi/c1-12-19-40(8,36(49)45-57(51,52)26-17-18-26)44-33(47)29-22-25(23-46(29)35(48)31(38(2,3)4)42-37(50)56-39(5,6)7)55-34-28-16-14-13-15-27(28)30(32(41)43-34)54-24-53-20-21-58(9,10)11/h12-16,25-26,29,31H,1,17-24H2,2-11H3,(H,42,50)(H,44,47)(H,45,49)/t25-,29-,31-,40+/m1/s1. The molecule has 2 fully saturated rings. The lowest BCUT2D eigenvalue weighted by molar-refractivity contribution is -0.143. The summed E-state index contributed by atoms with van der Waals surface area (Å²) in [5.41, 5.74) is -3.44. The van der Waals surface area contributed by atoms with E-state index in [4.69, 9.17) is 18.9 Å². The lowest BCUT2D eigenvalue weighted by atomic mass is 9.85. The number of pyridine rings is 1. The zero-order valence-corrected chi connectivity index (χ0v) is 38.7. The van der Waals surface area contributed by atoms with Crippen LogP contribution in [0, 0.1) is 5.41 Å². The first-order valence-corrected chi connectivity index (χ1v) is 25.5. The van der Waals surface area contributed by atoms with Crippen LogP contribution < -0.4 is 24.8 Å². The molecule has 2 heterocycles. The summed E-state index contributed by atoms with van der Waals surface area (Å²) in [7, 11) is -5.24. The maximum Gasteiger partial charge on any atom is 0.408 e. The van der Waals surface area contributed by atoms with Gasteiger partial charge in [-0.15, -0.1) is 6.58 Å². The molecule has 1 saturated carbocycles. The molecule has 1 aliphatic carbocycles. The molecule has 15 nitrogen and oxygen atoms in total. The second-order valence-corrected chi connectivity index (χ2v) is 26.8. The Morgan fingerprint density at radius 3 is 2.26 bits per heavy atom. The molecule has 1 aromatic carbocycles. The molecule has 322 valence electrons. The van der Waals surface area contributed by atoms with Crippen molar-refractivity contribution in [1.82, 2.24) is 25.2 Å². The van der Waals surface area contributed by atoms with Crippen LogP contribution in [0.15, 0.2) is 41.5 Å². The summed E-state index contributed by atoms with van der Waals surface area (Å²) in [6, 6.07) is 5.97. The van der Waals surface area contributed by atoms with Crippen molar-refractivity contribution in [3.05, 3.63) is 41.5 Å². The SMILES string of the molecule is C=CC[C@](C)(NC(=O)[C@H]1C[C@@H](Oc2nc(Br)c(OCOCC[Si](C)(C)C)c3ccccc23)CN1C(=O)[C@@H](NC(=O)OC(C)(C)C)C(C)(C)C)C(=O)NS(=O)(=O)C1CC1. The molecule has 0 radical (unpaired) electrons. The highest BCUT2D eigenvalue weighted by Crippen LogP contribution is 2.39. The number of fused-ring (bicyclic) bond motifs is 1. The fraction of sp³-hybridized carbons (Fsp3) is 0.625. The Kier molecular flexibility index (Phi) is 14.8.